The van der Waals surface area contributed by atoms with Crippen LogP contribution in [0.15, 0.2) is 30.3 Å². The van der Waals surface area contributed by atoms with Gasteiger partial charge in [0.2, 0.25) is 5.91 Å². The topological polar surface area (TPSA) is 174 Å². The van der Waals surface area contributed by atoms with Gasteiger partial charge in [0.25, 0.3) is 0 Å². The van der Waals surface area contributed by atoms with E-state index in [0.717, 1.165) is 23.8 Å². The van der Waals surface area contributed by atoms with Gasteiger partial charge in [0, 0.05) is 24.4 Å². The number of methoxy groups -OCH3 is 1. The predicted octanol–water partition coefficient (Wildman–Crippen LogP) is -0.320. The third kappa shape index (κ3) is 6.07. The summed E-state index contributed by atoms with van der Waals surface area (Å²) in [5.41, 5.74) is 0.351. The lowest BCUT2D eigenvalue weighted by atomic mass is 10.0. The van der Waals surface area contributed by atoms with Crippen molar-refractivity contribution in [3.05, 3.63) is 35.9 Å². The van der Waals surface area contributed by atoms with Gasteiger partial charge in [-0.15, -0.1) is 11.8 Å². The van der Waals surface area contributed by atoms with Gasteiger partial charge in [-0.25, -0.2) is 9.59 Å². The molecule has 0 bridgehead atoms. The Bertz CT molecular complexity index is 1110. The molecule has 0 radical (unpaired) electrons. The van der Waals surface area contributed by atoms with Crippen LogP contribution in [0.25, 0.3) is 0 Å². The Kier molecular flexibility index (Phi) is 8.99. The number of urea groups is 1. The van der Waals surface area contributed by atoms with E-state index in [0.29, 0.717) is 12.1 Å². The highest BCUT2D eigenvalue weighted by atomic mass is 32.2. The van der Waals surface area contributed by atoms with Crippen LogP contribution >= 0.6 is 11.8 Å². The summed E-state index contributed by atoms with van der Waals surface area (Å²) in [5, 5.41) is 16.6. The molecule has 0 aliphatic carbocycles. The quantitative estimate of drug-likeness (QED) is 0.248. The number of aliphatic carboxylic acids is 1. The van der Waals surface area contributed by atoms with Crippen molar-refractivity contribution in [3.63, 3.8) is 0 Å². The standard InChI is InChI=1S/C24H31N5O8S/c1-5-28-11-12-29(20(32)19(28)31)23(36)26-14(13-9-7-6-8-10-13)17(30)25-15(22(35)37-4)18-27-16(21(33)34)24(2,3)38-18/h6-10,14-16,18,27H,5,11-12H2,1-4H3,(H,25,30)(H,26,36)(H,33,34)/t14-,15+,16+,18-/m1/s1. The van der Waals surface area contributed by atoms with E-state index < -0.39 is 63.9 Å². The molecule has 2 heterocycles. The molecule has 3 rings (SSSR count). The van der Waals surface area contributed by atoms with E-state index in [-0.39, 0.29) is 13.1 Å². The van der Waals surface area contributed by atoms with Crippen LogP contribution < -0.4 is 16.0 Å². The van der Waals surface area contributed by atoms with E-state index in [4.69, 9.17) is 4.74 Å². The fourth-order valence-electron chi connectivity index (χ4n) is 4.27. The molecular formula is C24H31N5O8S. The van der Waals surface area contributed by atoms with E-state index in [2.05, 4.69) is 16.0 Å². The zero-order valence-electron chi connectivity index (χ0n) is 21.4. The minimum absolute atomic E-state index is 0.0492. The second-order valence-electron chi connectivity index (χ2n) is 9.22. The Balaban J connectivity index is 1.84. The number of ether oxygens (including phenoxy) is 1. The molecule has 2 fully saturated rings. The van der Waals surface area contributed by atoms with Crippen molar-refractivity contribution < 1.29 is 38.6 Å². The summed E-state index contributed by atoms with van der Waals surface area (Å²) in [6.45, 7) is 5.54. The molecule has 2 aliphatic rings. The second-order valence-corrected chi connectivity index (χ2v) is 11.0. The summed E-state index contributed by atoms with van der Waals surface area (Å²) in [5.74, 6) is -4.56. The Labute approximate surface area is 223 Å². The Morgan fingerprint density at radius 3 is 2.34 bits per heavy atom. The molecule has 0 spiro atoms. The number of thioether (sulfide) groups is 1. The minimum atomic E-state index is -1.35. The van der Waals surface area contributed by atoms with Crippen LogP contribution in [-0.4, -0.2) is 99.5 Å². The van der Waals surface area contributed by atoms with Gasteiger partial charge in [-0.3, -0.25) is 29.4 Å². The summed E-state index contributed by atoms with van der Waals surface area (Å²) < 4.78 is 4.05. The lowest BCUT2D eigenvalue weighted by Gasteiger charge is -2.33. The first-order valence-corrected chi connectivity index (χ1v) is 12.8. The molecule has 206 valence electrons. The molecule has 1 aromatic rings. The van der Waals surface area contributed by atoms with Gasteiger partial charge in [-0.1, -0.05) is 30.3 Å². The average Bonchev–Trinajstić information content (AvgIpc) is 3.22. The third-order valence-corrected chi connectivity index (χ3v) is 7.86. The number of piperazine rings is 1. The number of nitrogens with one attached hydrogen (secondary N) is 3. The number of hydrogen-bond acceptors (Lipinski definition) is 9. The summed E-state index contributed by atoms with van der Waals surface area (Å²) in [6, 6.07) is 3.53. The highest BCUT2D eigenvalue weighted by molar-refractivity contribution is 8.01. The highest BCUT2D eigenvalue weighted by Gasteiger charge is 2.50. The number of carbonyl (C=O) groups is 6. The van der Waals surface area contributed by atoms with Crippen LogP contribution in [0.2, 0.25) is 0 Å². The van der Waals surface area contributed by atoms with Crippen molar-refractivity contribution in [1.82, 2.24) is 25.8 Å². The molecule has 13 nitrogen and oxygen atoms in total. The number of carboxylic acids is 1. The number of benzene rings is 1. The molecule has 4 atom stereocenters. The van der Waals surface area contributed by atoms with Crippen molar-refractivity contribution >= 4 is 47.5 Å². The zero-order chi connectivity index (χ0) is 28.2. The molecule has 4 N–H and O–H groups in total. The number of carboxylic acid groups (broad SMARTS) is 1. The van der Waals surface area contributed by atoms with Crippen molar-refractivity contribution in [2.24, 2.45) is 0 Å². The number of rotatable bonds is 8. The molecule has 2 saturated heterocycles. The van der Waals surface area contributed by atoms with Gasteiger partial charge in [0.1, 0.15) is 12.1 Å². The second kappa shape index (κ2) is 11.8. The number of imide groups is 1. The maximum atomic E-state index is 13.5. The summed E-state index contributed by atoms with van der Waals surface area (Å²) in [4.78, 5) is 77.7. The number of carbonyl (C=O) groups excluding carboxylic acids is 5. The third-order valence-electron chi connectivity index (χ3n) is 6.36. The SMILES string of the molecule is CCN1CCN(C(=O)N[C@@H](C(=O)N[C@H](C(=O)OC)[C@@H]2N[C@@H](C(=O)O)C(C)(C)S2)c2ccccc2)C(=O)C1=O. The number of amides is 5. The number of hydrogen-bond donors (Lipinski definition) is 4. The van der Waals surface area contributed by atoms with Gasteiger partial charge in [0.15, 0.2) is 6.04 Å². The van der Waals surface area contributed by atoms with E-state index in [1.54, 1.807) is 51.1 Å². The Hall–Kier alpha value is -3.65. The van der Waals surface area contributed by atoms with Crippen LogP contribution in [-0.2, 0) is 28.7 Å². The van der Waals surface area contributed by atoms with Crippen molar-refractivity contribution in [1.29, 1.82) is 0 Å². The zero-order valence-corrected chi connectivity index (χ0v) is 22.2. The van der Waals surface area contributed by atoms with E-state index in [1.165, 1.54) is 4.90 Å². The predicted molar refractivity (Wildman–Crippen MR) is 136 cm³/mol. The van der Waals surface area contributed by atoms with E-state index >= 15 is 0 Å². The maximum absolute atomic E-state index is 13.5. The fourth-order valence-corrected chi connectivity index (χ4v) is 5.74. The van der Waals surface area contributed by atoms with Crippen LogP contribution in [0.4, 0.5) is 4.79 Å². The first kappa shape index (κ1) is 28.9. The number of nitrogens with zero attached hydrogens (tertiary/aromatic N) is 2. The first-order chi connectivity index (χ1) is 17.9. The van der Waals surface area contributed by atoms with E-state index in [1.807, 2.05) is 0 Å². The molecule has 0 aromatic heterocycles. The van der Waals surface area contributed by atoms with Gasteiger partial charge in [-0.05, 0) is 26.3 Å². The molecule has 0 unspecified atom stereocenters. The monoisotopic (exact) mass is 549 g/mol. The molecule has 2 aliphatic heterocycles. The molecule has 38 heavy (non-hydrogen) atoms. The first-order valence-electron chi connectivity index (χ1n) is 11.9. The maximum Gasteiger partial charge on any atom is 0.330 e. The largest absolute Gasteiger partial charge is 0.480 e. The molecule has 1 aromatic carbocycles. The Morgan fingerprint density at radius 1 is 1.13 bits per heavy atom. The number of likely N-dealkylation sites (N-methyl/N-ethyl adjacent to an activating group) is 1. The molecule has 0 saturated carbocycles. The van der Waals surface area contributed by atoms with Gasteiger partial charge in [0.05, 0.1) is 12.5 Å². The van der Waals surface area contributed by atoms with Crippen LogP contribution in [0.3, 0.4) is 0 Å². The lowest BCUT2D eigenvalue weighted by molar-refractivity contribution is -0.153. The fraction of sp³-hybridized carbons (Fsp3) is 0.500. The minimum Gasteiger partial charge on any atom is -0.480 e. The van der Waals surface area contributed by atoms with Crippen molar-refractivity contribution in [3.8, 4) is 0 Å². The molecule has 14 heteroatoms. The van der Waals surface area contributed by atoms with E-state index in [9.17, 15) is 33.9 Å². The average molecular weight is 550 g/mol. The van der Waals surface area contributed by atoms with Crippen LogP contribution in [0.5, 0.6) is 0 Å². The summed E-state index contributed by atoms with van der Waals surface area (Å²) in [7, 11) is 1.13. The van der Waals surface area contributed by atoms with Crippen molar-refractivity contribution in [2.45, 2.75) is 49.0 Å². The highest BCUT2D eigenvalue weighted by Crippen LogP contribution is 2.39. The number of esters is 1. The smallest absolute Gasteiger partial charge is 0.330 e. The normalized spacial score (nSPS) is 22.4. The molecular weight excluding hydrogens is 518 g/mol. The van der Waals surface area contributed by atoms with Gasteiger partial charge >= 0.3 is 29.8 Å². The van der Waals surface area contributed by atoms with Gasteiger partial charge in [-0.2, -0.15) is 0 Å². The van der Waals surface area contributed by atoms with Gasteiger partial charge < -0.3 is 25.4 Å². The van der Waals surface area contributed by atoms with Crippen molar-refractivity contribution in [2.75, 3.05) is 26.7 Å². The summed E-state index contributed by atoms with van der Waals surface area (Å²) >= 11 is 1.16. The summed E-state index contributed by atoms with van der Waals surface area (Å²) in [6.07, 6.45) is 0. The Morgan fingerprint density at radius 2 is 1.79 bits per heavy atom. The van der Waals surface area contributed by atoms with Crippen LogP contribution in [0.1, 0.15) is 32.4 Å². The lowest BCUT2D eigenvalue weighted by Crippen LogP contribution is -2.60. The molecule has 5 amide bonds. The van der Waals surface area contributed by atoms with Crippen LogP contribution in [0, 0.1) is 0 Å².